The fourth-order valence-corrected chi connectivity index (χ4v) is 1.95. The summed E-state index contributed by atoms with van der Waals surface area (Å²) < 4.78 is 26.8. The van der Waals surface area contributed by atoms with Crippen LogP contribution in [-0.2, 0) is 0 Å². The molecular formula is C14H22F2N2. The molecule has 18 heavy (non-hydrogen) atoms. The zero-order chi connectivity index (χ0) is 13.9. The van der Waals surface area contributed by atoms with Gasteiger partial charge < -0.3 is 5.73 Å². The van der Waals surface area contributed by atoms with Crippen LogP contribution in [0.3, 0.4) is 0 Å². The molecule has 0 spiro atoms. The number of hydrogen-bond donors (Lipinski definition) is 1. The summed E-state index contributed by atoms with van der Waals surface area (Å²) in [6.07, 6.45) is 0. The normalized spacial score (nSPS) is 14.0. The van der Waals surface area contributed by atoms with Crippen molar-refractivity contribution in [3.8, 4) is 0 Å². The molecule has 0 heterocycles. The topological polar surface area (TPSA) is 29.3 Å². The molecular weight excluding hydrogens is 234 g/mol. The van der Waals surface area contributed by atoms with Gasteiger partial charge in [0, 0.05) is 18.2 Å². The van der Waals surface area contributed by atoms with Gasteiger partial charge in [-0.2, -0.15) is 0 Å². The molecule has 0 aliphatic carbocycles. The Morgan fingerprint density at radius 2 is 1.94 bits per heavy atom. The Morgan fingerprint density at radius 1 is 1.33 bits per heavy atom. The van der Waals surface area contributed by atoms with Gasteiger partial charge in [-0.3, -0.25) is 4.90 Å². The molecule has 0 amide bonds. The molecule has 0 aliphatic heterocycles. The quantitative estimate of drug-likeness (QED) is 0.877. The van der Waals surface area contributed by atoms with E-state index < -0.39 is 5.82 Å². The Morgan fingerprint density at radius 3 is 2.50 bits per heavy atom. The van der Waals surface area contributed by atoms with Gasteiger partial charge in [-0.15, -0.1) is 0 Å². The third-order valence-electron chi connectivity index (χ3n) is 3.30. The molecule has 0 saturated carbocycles. The first-order valence-corrected chi connectivity index (χ1v) is 6.12. The smallest absolute Gasteiger partial charge is 0.128 e. The van der Waals surface area contributed by atoms with Gasteiger partial charge >= 0.3 is 0 Å². The first-order valence-electron chi connectivity index (χ1n) is 6.12. The molecule has 102 valence electrons. The maximum Gasteiger partial charge on any atom is 0.128 e. The fraction of sp³-hybridized carbons (Fsp3) is 0.571. The Bertz CT molecular complexity index is 405. The summed E-state index contributed by atoms with van der Waals surface area (Å²) in [5.74, 6) is -0.786. The molecule has 2 N–H and O–H groups in total. The molecule has 1 aromatic carbocycles. The van der Waals surface area contributed by atoms with Crippen LogP contribution in [0.5, 0.6) is 0 Å². The van der Waals surface area contributed by atoms with Gasteiger partial charge in [0.05, 0.1) is 0 Å². The van der Waals surface area contributed by atoms with Gasteiger partial charge in [-0.25, -0.2) is 8.78 Å². The van der Waals surface area contributed by atoms with Gasteiger partial charge in [0.1, 0.15) is 11.6 Å². The van der Waals surface area contributed by atoms with E-state index in [9.17, 15) is 8.78 Å². The standard InChI is InChI=1S/C14H22F2N2/c1-10(18(4)9-14(2,3)8-17)12-7-11(15)5-6-13(12)16/h5-7,10H,8-9,17H2,1-4H3. The van der Waals surface area contributed by atoms with Crippen LogP contribution in [0.1, 0.15) is 32.4 Å². The van der Waals surface area contributed by atoms with Crippen molar-refractivity contribution in [2.75, 3.05) is 20.1 Å². The average Bonchev–Trinajstić information content (AvgIpc) is 2.31. The molecule has 2 nitrogen and oxygen atoms in total. The van der Waals surface area contributed by atoms with Crippen LogP contribution < -0.4 is 5.73 Å². The number of nitrogens with zero attached hydrogens (tertiary/aromatic N) is 1. The Labute approximate surface area is 108 Å². The Kier molecular flexibility index (Phi) is 4.82. The predicted molar refractivity (Wildman–Crippen MR) is 70.2 cm³/mol. The van der Waals surface area contributed by atoms with Crippen LogP contribution in [-0.4, -0.2) is 25.0 Å². The summed E-state index contributed by atoms with van der Waals surface area (Å²) in [4.78, 5) is 1.99. The molecule has 1 rings (SSSR count). The summed E-state index contributed by atoms with van der Waals surface area (Å²) in [5.41, 5.74) is 6.02. The highest BCUT2D eigenvalue weighted by Gasteiger charge is 2.23. The molecule has 0 bridgehead atoms. The van der Waals surface area contributed by atoms with Gasteiger partial charge in [0.15, 0.2) is 0 Å². The van der Waals surface area contributed by atoms with E-state index in [0.29, 0.717) is 12.1 Å². The van der Waals surface area contributed by atoms with Crippen molar-refractivity contribution in [2.24, 2.45) is 11.1 Å². The minimum atomic E-state index is -0.412. The third kappa shape index (κ3) is 3.75. The van der Waals surface area contributed by atoms with Crippen LogP contribution in [0.2, 0.25) is 0 Å². The summed E-state index contributed by atoms with van der Waals surface area (Å²) in [6, 6.07) is 3.37. The molecule has 1 aromatic rings. The fourth-order valence-electron chi connectivity index (χ4n) is 1.95. The van der Waals surface area contributed by atoms with Crippen LogP contribution in [0.15, 0.2) is 18.2 Å². The first kappa shape index (κ1) is 15.1. The highest BCUT2D eigenvalue weighted by Crippen LogP contribution is 2.25. The lowest BCUT2D eigenvalue weighted by Gasteiger charge is -2.33. The van der Waals surface area contributed by atoms with Gasteiger partial charge in [0.25, 0.3) is 0 Å². The summed E-state index contributed by atoms with van der Waals surface area (Å²) in [7, 11) is 1.90. The number of rotatable bonds is 5. The van der Waals surface area contributed by atoms with E-state index in [2.05, 4.69) is 13.8 Å². The maximum atomic E-state index is 13.7. The number of halogens is 2. The highest BCUT2D eigenvalue weighted by molar-refractivity contribution is 5.21. The SMILES string of the molecule is CC(c1cc(F)ccc1F)N(C)CC(C)(C)CN. The zero-order valence-electron chi connectivity index (χ0n) is 11.5. The molecule has 0 aliphatic rings. The van der Waals surface area contributed by atoms with Crippen molar-refractivity contribution in [3.63, 3.8) is 0 Å². The molecule has 0 radical (unpaired) electrons. The first-order chi connectivity index (χ1) is 8.26. The zero-order valence-corrected chi connectivity index (χ0v) is 11.5. The van der Waals surface area contributed by atoms with Crippen molar-refractivity contribution in [2.45, 2.75) is 26.8 Å². The van der Waals surface area contributed by atoms with E-state index in [0.717, 1.165) is 12.6 Å². The summed E-state index contributed by atoms with van der Waals surface area (Å²) in [6.45, 7) is 7.25. The van der Waals surface area contributed by atoms with E-state index in [4.69, 9.17) is 5.73 Å². The lowest BCUT2D eigenvalue weighted by molar-refractivity contribution is 0.171. The molecule has 1 atom stereocenters. The van der Waals surface area contributed by atoms with E-state index in [1.165, 1.54) is 12.1 Å². The van der Waals surface area contributed by atoms with Crippen molar-refractivity contribution >= 4 is 0 Å². The predicted octanol–water partition coefficient (Wildman–Crippen LogP) is 2.94. The number of hydrogen-bond acceptors (Lipinski definition) is 2. The van der Waals surface area contributed by atoms with Crippen molar-refractivity contribution < 1.29 is 8.78 Å². The minimum absolute atomic E-state index is 0.0488. The van der Waals surface area contributed by atoms with Crippen molar-refractivity contribution in [1.82, 2.24) is 4.90 Å². The van der Waals surface area contributed by atoms with Gasteiger partial charge in [-0.1, -0.05) is 13.8 Å². The lowest BCUT2D eigenvalue weighted by atomic mass is 9.92. The van der Waals surface area contributed by atoms with E-state index in [1.54, 1.807) is 0 Å². The van der Waals surface area contributed by atoms with Crippen LogP contribution in [0, 0.1) is 17.0 Å². The van der Waals surface area contributed by atoms with Gasteiger partial charge in [-0.05, 0) is 44.1 Å². The number of benzene rings is 1. The molecule has 0 aromatic heterocycles. The number of nitrogens with two attached hydrogens (primary N) is 1. The second kappa shape index (κ2) is 5.76. The van der Waals surface area contributed by atoms with Crippen molar-refractivity contribution in [3.05, 3.63) is 35.4 Å². The van der Waals surface area contributed by atoms with Crippen LogP contribution in [0.4, 0.5) is 8.78 Å². The van der Waals surface area contributed by atoms with Crippen LogP contribution in [0.25, 0.3) is 0 Å². The Balaban J connectivity index is 2.86. The third-order valence-corrected chi connectivity index (χ3v) is 3.30. The second-order valence-corrected chi connectivity index (χ2v) is 5.63. The maximum absolute atomic E-state index is 13.7. The average molecular weight is 256 g/mol. The molecule has 0 saturated heterocycles. The second-order valence-electron chi connectivity index (χ2n) is 5.63. The minimum Gasteiger partial charge on any atom is -0.330 e. The monoisotopic (exact) mass is 256 g/mol. The van der Waals surface area contributed by atoms with E-state index >= 15 is 0 Å². The molecule has 4 heteroatoms. The Hall–Kier alpha value is -1.00. The molecule has 1 unspecified atom stereocenters. The van der Waals surface area contributed by atoms with Crippen molar-refractivity contribution in [1.29, 1.82) is 0 Å². The summed E-state index contributed by atoms with van der Waals surface area (Å²) >= 11 is 0. The van der Waals surface area contributed by atoms with E-state index in [-0.39, 0.29) is 17.3 Å². The largest absolute Gasteiger partial charge is 0.330 e. The van der Waals surface area contributed by atoms with Crippen LogP contribution >= 0.6 is 0 Å². The van der Waals surface area contributed by atoms with E-state index in [1.807, 2.05) is 18.9 Å². The summed E-state index contributed by atoms with van der Waals surface area (Å²) in [5, 5.41) is 0. The highest BCUT2D eigenvalue weighted by atomic mass is 19.1. The lowest BCUT2D eigenvalue weighted by Crippen LogP contribution is -2.38. The molecule has 0 fully saturated rings. The van der Waals surface area contributed by atoms with Gasteiger partial charge in [0.2, 0.25) is 0 Å².